The third kappa shape index (κ3) is 5.11. The highest BCUT2D eigenvalue weighted by molar-refractivity contribution is 7.89. The predicted molar refractivity (Wildman–Crippen MR) is 152 cm³/mol. The van der Waals surface area contributed by atoms with E-state index in [1.54, 1.807) is 16.9 Å². The summed E-state index contributed by atoms with van der Waals surface area (Å²) in [4.78, 5) is 28.2. The first-order chi connectivity index (χ1) is 19.3. The zero-order valence-electron chi connectivity index (χ0n) is 22.6. The van der Waals surface area contributed by atoms with Crippen LogP contribution in [0.4, 0.5) is 10.6 Å². The average molecular weight is 563 g/mol. The van der Waals surface area contributed by atoms with Gasteiger partial charge in [0.15, 0.2) is 5.82 Å². The van der Waals surface area contributed by atoms with Gasteiger partial charge in [0.2, 0.25) is 5.91 Å². The van der Waals surface area contributed by atoms with Crippen LogP contribution in [-0.4, -0.2) is 65.5 Å². The summed E-state index contributed by atoms with van der Waals surface area (Å²) < 4.78 is 29.4. The molecular weight excluding hydrogens is 528 g/mol. The van der Waals surface area contributed by atoms with Gasteiger partial charge in [-0.05, 0) is 80.1 Å². The fraction of sp³-hybridized carbons (Fsp3) is 0.414. The summed E-state index contributed by atoms with van der Waals surface area (Å²) in [5.41, 5.74) is 3.22. The van der Waals surface area contributed by atoms with Crippen LogP contribution in [0.3, 0.4) is 0 Å². The number of carbonyl (C=O) groups is 2. The van der Waals surface area contributed by atoms with Crippen molar-refractivity contribution < 1.29 is 18.0 Å². The molecule has 40 heavy (non-hydrogen) atoms. The monoisotopic (exact) mass is 562 g/mol. The topological polar surface area (TPSA) is 108 Å². The summed E-state index contributed by atoms with van der Waals surface area (Å²) >= 11 is 0. The Morgan fingerprint density at radius 3 is 2.60 bits per heavy atom. The van der Waals surface area contributed by atoms with E-state index in [4.69, 9.17) is 0 Å². The van der Waals surface area contributed by atoms with Crippen LogP contribution in [0.2, 0.25) is 0 Å². The summed E-state index contributed by atoms with van der Waals surface area (Å²) in [5, 5.41) is 7.86. The Bertz CT molecular complexity index is 1590. The van der Waals surface area contributed by atoms with Crippen LogP contribution in [0.1, 0.15) is 49.1 Å². The third-order valence-corrected chi connectivity index (χ3v) is 9.93. The van der Waals surface area contributed by atoms with Crippen molar-refractivity contribution in [2.45, 2.75) is 49.5 Å². The van der Waals surface area contributed by atoms with Crippen molar-refractivity contribution in [1.82, 2.24) is 24.3 Å². The molecule has 2 aromatic carbocycles. The highest BCUT2D eigenvalue weighted by Gasteiger charge is 2.29. The third-order valence-electron chi connectivity index (χ3n) is 8.16. The molecular formula is C29H34N6O4S. The van der Waals surface area contributed by atoms with E-state index in [0.29, 0.717) is 29.7 Å². The van der Waals surface area contributed by atoms with Crippen LogP contribution >= 0.6 is 0 Å². The zero-order valence-corrected chi connectivity index (χ0v) is 23.4. The second kappa shape index (κ2) is 10.7. The number of anilines is 1. The van der Waals surface area contributed by atoms with Crippen LogP contribution in [0.25, 0.3) is 10.9 Å². The number of urea groups is 1. The summed E-state index contributed by atoms with van der Waals surface area (Å²) in [6, 6.07) is 13.2. The van der Waals surface area contributed by atoms with Gasteiger partial charge in [-0.1, -0.05) is 24.3 Å². The number of hydrogen-bond donors (Lipinski definition) is 1. The number of benzene rings is 2. The summed E-state index contributed by atoms with van der Waals surface area (Å²) in [7, 11) is -1.65. The highest BCUT2D eigenvalue weighted by Crippen LogP contribution is 2.34. The van der Waals surface area contributed by atoms with Crippen LogP contribution in [0, 0.1) is 0 Å². The average Bonchev–Trinajstić information content (AvgIpc) is 3.29. The number of rotatable bonds is 6. The molecule has 0 radical (unpaired) electrons. The van der Waals surface area contributed by atoms with Crippen molar-refractivity contribution in [3.8, 4) is 0 Å². The largest absolute Gasteiger partial charge is 0.329 e. The van der Waals surface area contributed by atoms with Gasteiger partial charge in [-0.3, -0.25) is 28.9 Å². The lowest BCUT2D eigenvalue weighted by Crippen LogP contribution is -2.49. The summed E-state index contributed by atoms with van der Waals surface area (Å²) in [5.74, 6) is 0.722. The van der Waals surface area contributed by atoms with Crippen molar-refractivity contribution in [3.63, 3.8) is 0 Å². The molecule has 0 unspecified atom stereocenters. The van der Waals surface area contributed by atoms with Gasteiger partial charge in [0.25, 0.3) is 10.0 Å². The number of fused-ring (bicyclic) bond motifs is 1. The van der Waals surface area contributed by atoms with Crippen molar-refractivity contribution in [1.29, 1.82) is 0 Å². The Labute approximate surface area is 234 Å². The molecule has 3 amide bonds. The minimum Gasteiger partial charge on any atom is -0.299 e. The Morgan fingerprint density at radius 1 is 1.02 bits per heavy atom. The fourth-order valence-electron chi connectivity index (χ4n) is 5.93. The maximum atomic E-state index is 13.1. The molecule has 10 nitrogen and oxygen atoms in total. The lowest BCUT2D eigenvalue weighted by atomic mass is 9.89. The molecule has 0 atom stereocenters. The maximum absolute atomic E-state index is 13.1. The Kier molecular flexibility index (Phi) is 7.09. The number of nitrogens with zero attached hydrogens (tertiary/aromatic N) is 5. The SMILES string of the molecule is Cn1nc(N2CCC(=O)NC2=O)c2ccc(C3CCN(Cc4cccc(S(=O)(=O)N5C=CCCC5)c4)CC3)cc21. The maximum Gasteiger partial charge on any atom is 0.329 e. The number of aryl methyl sites for hydroxylation is 1. The van der Waals surface area contributed by atoms with Gasteiger partial charge in [0.1, 0.15) is 0 Å². The van der Waals surface area contributed by atoms with E-state index in [2.05, 4.69) is 27.4 Å². The summed E-state index contributed by atoms with van der Waals surface area (Å²) in [6.45, 7) is 3.41. The number of sulfonamides is 1. The lowest BCUT2D eigenvalue weighted by molar-refractivity contribution is -0.120. The molecule has 11 heteroatoms. The van der Waals surface area contributed by atoms with E-state index in [0.717, 1.165) is 61.8 Å². The second-order valence-corrected chi connectivity index (χ2v) is 12.7. The van der Waals surface area contributed by atoms with Crippen molar-refractivity contribution in [2.75, 3.05) is 31.1 Å². The zero-order chi connectivity index (χ0) is 27.9. The van der Waals surface area contributed by atoms with Crippen molar-refractivity contribution >= 4 is 38.7 Å². The normalized spacial score (nSPS) is 19.4. The molecule has 1 N–H and O–H groups in total. The van der Waals surface area contributed by atoms with E-state index in [9.17, 15) is 18.0 Å². The van der Waals surface area contributed by atoms with E-state index in [1.807, 2.05) is 37.4 Å². The predicted octanol–water partition coefficient (Wildman–Crippen LogP) is 3.70. The molecule has 6 rings (SSSR count). The number of likely N-dealkylation sites (tertiary alicyclic amines) is 1. The number of nitrogens with one attached hydrogen (secondary N) is 1. The standard InChI is InChI=1S/C29H34N6O4S/c1-32-26-19-23(8-9-25(26)28(31-32)35-17-12-27(36)30-29(35)37)22-10-15-33(16-11-22)20-21-6-5-7-24(18-21)40(38,39)34-13-3-2-4-14-34/h3,5-9,13,18-19,22H,2,4,10-12,14-17,20H2,1H3,(H,30,36,37). The first-order valence-electron chi connectivity index (χ1n) is 13.9. The molecule has 3 aromatic rings. The Morgan fingerprint density at radius 2 is 1.85 bits per heavy atom. The minimum atomic E-state index is -3.52. The van der Waals surface area contributed by atoms with Gasteiger partial charge in [-0.25, -0.2) is 13.2 Å². The van der Waals surface area contributed by atoms with E-state index < -0.39 is 16.1 Å². The van der Waals surface area contributed by atoms with Crippen LogP contribution < -0.4 is 10.2 Å². The first kappa shape index (κ1) is 26.5. The fourth-order valence-corrected chi connectivity index (χ4v) is 7.37. The van der Waals surface area contributed by atoms with Gasteiger partial charge >= 0.3 is 6.03 Å². The number of carbonyl (C=O) groups excluding carboxylic acids is 2. The molecule has 210 valence electrons. The van der Waals surface area contributed by atoms with Gasteiger partial charge in [-0.2, -0.15) is 5.10 Å². The number of amides is 3. The molecule has 3 aliphatic heterocycles. The molecule has 0 spiro atoms. The number of allylic oxidation sites excluding steroid dienone is 1. The van der Waals surface area contributed by atoms with E-state index >= 15 is 0 Å². The Hall–Kier alpha value is -3.70. The van der Waals surface area contributed by atoms with Crippen molar-refractivity contribution in [2.24, 2.45) is 7.05 Å². The van der Waals surface area contributed by atoms with Crippen LogP contribution in [-0.2, 0) is 28.4 Å². The van der Waals surface area contributed by atoms with E-state index in [1.165, 1.54) is 14.8 Å². The Balaban J connectivity index is 1.12. The number of piperidine rings is 1. The number of imide groups is 1. The van der Waals surface area contributed by atoms with Crippen LogP contribution in [0.5, 0.6) is 0 Å². The molecule has 1 aromatic heterocycles. The highest BCUT2D eigenvalue weighted by atomic mass is 32.2. The molecule has 0 bridgehead atoms. The molecule has 0 aliphatic carbocycles. The number of hydrogen-bond acceptors (Lipinski definition) is 6. The minimum absolute atomic E-state index is 0.260. The van der Waals surface area contributed by atoms with Gasteiger partial charge in [-0.15, -0.1) is 0 Å². The van der Waals surface area contributed by atoms with Gasteiger partial charge in [0, 0.05) is 44.7 Å². The molecule has 0 saturated carbocycles. The van der Waals surface area contributed by atoms with Crippen molar-refractivity contribution in [3.05, 3.63) is 65.9 Å². The van der Waals surface area contributed by atoms with Gasteiger partial charge in [0.05, 0.1) is 10.4 Å². The first-order valence-corrected chi connectivity index (χ1v) is 15.3. The molecule has 3 aliphatic rings. The summed E-state index contributed by atoms with van der Waals surface area (Å²) in [6.07, 6.45) is 7.63. The quantitative estimate of drug-likeness (QED) is 0.491. The smallest absolute Gasteiger partial charge is 0.299 e. The number of aromatic nitrogens is 2. The van der Waals surface area contributed by atoms with E-state index in [-0.39, 0.29) is 12.3 Å². The van der Waals surface area contributed by atoms with Crippen LogP contribution in [0.15, 0.2) is 59.6 Å². The lowest BCUT2D eigenvalue weighted by Gasteiger charge is -2.32. The molecule has 2 fully saturated rings. The van der Waals surface area contributed by atoms with Gasteiger partial charge < -0.3 is 0 Å². The molecule has 4 heterocycles. The second-order valence-electron chi connectivity index (χ2n) is 10.8. The molecule has 2 saturated heterocycles.